The number of ether oxygens (including phenoxy) is 4. The molecule has 2 heterocycles. The van der Waals surface area contributed by atoms with Crippen LogP contribution in [0, 0.1) is 0 Å². The number of benzene rings is 1. The first-order valence-electron chi connectivity index (χ1n) is 8.13. The zero-order valence-electron chi connectivity index (χ0n) is 13.2. The number of rotatable bonds is 2. The SMILES string of the molecule is COC1C2CCC1N(C(=O)c1cccc3c1OCCO3)CCO2. The molecule has 0 aromatic heterocycles. The van der Waals surface area contributed by atoms with Crippen molar-refractivity contribution in [3.63, 3.8) is 0 Å². The monoisotopic (exact) mass is 319 g/mol. The third kappa shape index (κ3) is 2.46. The van der Waals surface area contributed by atoms with Gasteiger partial charge < -0.3 is 23.8 Å². The molecule has 1 saturated heterocycles. The Balaban J connectivity index is 1.66. The van der Waals surface area contributed by atoms with Crippen LogP contribution in [-0.4, -0.2) is 62.5 Å². The molecule has 1 aliphatic carbocycles. The second-order valence-electron chi connectivity index (χ2n) is 6.08. The number of fused-ring (bicyclic) bond motifs is 3. The molecule has 124 valence electrons. The molecule has 2 fully saturated rings. The Labute approximate surface area is 135 Å². The van der Waals surface area contributed by atoms with E-state index in [4.69, 9.17) is 18.9 Å². The molecular formula is C17H21NO5. The molecule has 0 spiro atoms. The van der Waals surface area contributed by atoms with E-state index >= 15 is 0 Å². The molecule has 6 heteroatoms. The minimum Gasteiger partial charge on any atom is -0.486 e. The van der Waals surface area contributed by atoms with E-state index in [0.717, 1.165) is 12.8 Å². The van der Waals surface area contributed by atoms with Gasteiger partial charge in [-0.2, -0.15) is 0 Å². The molecular weight excluding hydrogens is 298 g/mol. The summed E-state index contributed by atoms with van der Waals surface area (Å²) in [6.45, 7) is 2.09. The molecule has 3 aliphatic rings. The molecule has 1 amide bonds. The van der Waals surface area contributed by atoms with Gasteiger partial charge in [0.05, 0.1) is 24.3 Å². The highest BCUT2D eigenvalue weighted by Gasteiger charge is 2.44. The van der Waals surface area contributed by atoms with Crippen molar-refractivity contribution in [2.75, 3.05) is 33.5 Å². The van der Waals surface area contributed by atoms with Gasteiger partial charge in [0.2, 0.25) is 0 Å². The zero-order chi connectivity index (χ0) is 15.8. The number of amides is 1. The maximum atomic E-state index is 13.2. The van der Waals surface area contributed by atoms with Gasteiger partial charge in [0, 0.05) is 13.7 Å². The summed E-state index contributed by atoms with van der Waals surface area (Å²) in [5.74, 6) is 1.16. The lowest BCUT2D eigenvalue weighted by Crippen LogP contribution is -2.46. The molecule has 2 bridgehead atoms. The standard InChI is InChI=1S/C17H21NO5/c1-20-16-12-5-6-14(16)21-8-7-18(12)17(19)11-3-2-4-13-15(11)23-10-9-22-13/h2-4,12,14,16H,5-10H2,1H3. The first-order valence-corrected chi connectivity index (χ1v) is 8.13. The van der Waals surface area contributed by atoms with Crippen molar-refractivity contribution in [3.05, 3.63) is 23.8 Å². The highest BCUT2D eigenvalue weighted by molar-refractivity contribution is 5.98. The van der Waals surface area contributed by atoms with Crippen LogP contribution in [0.2, 0.25) is 0 Å². The lowest BCUT2D eigenvalue weighted by Gasteiger charge is -2.31. The van der Waals surface area contributed by atoms with Gasteiger partial charge in [0.15, 0.2) is 11.5 Å². The van der Waals surface area contributed by atoms with Crippen LogP contribution in [0.3, 0.4) is 0 Å². The molecule has 1 aromatic rings. The van der Waals surface area contributed by atoms with Crippen molar-refractivity contribution in [3.8, 4) is 11.5 Å². The van der Waals surface area contributed by atoms with Crippen LogP contribution in [0.5, 0.6) is 11.5 Å². The van der Waals surface area contributed by atoms with Gasteiger partial charge in [-0.3, -0.25) is 4.79 Å². The van der Waals surface area contributed by atoms with Gasteiger partial charge in [0.1, 0.15) is 19.3 Å². The van der Waals surface area contributed by atoms with Crippen molar-refractivity contribution >= 4 is 5.91 Å². The quantitative estimate of drug-likeness (QED) is 0.826. The summed E-state index contributed by atoms with van der Waals surface area (Å²) in [5.41, 5.74) is 0.558. The summed E-state index contributed by atoms with van der Waals surface area (Å²) in [6, 6.07) is 5.52. The predicted octanol–water partition coefficient (Wildman–Crippen LogP) is 1.48. The summed E-state index contributed by atoms with van der Waals surface area (Å²) in [5, 5.41) is 0. The molecule has 1 aromatic carbocycles. The average molecular weight is 319 g/mol. The van der Waals surface area contributed by atoms with Gasteiger partial charge in [-0.15, -0.1) is 0 Å². The third-order valence-electron chi connectivity index (χ3n) is 4.89. The summed E-state index contributed by atoms with van der Waals surface area (Å²) in [4.78, 5) is 15.0. The van der Waals surface area contributed by atoms with Crippen molar-refractivity contribution in [1.82, 2.24) is 4.90 Å². The van der Waals surface area contributed by atoms with Gasteiger partial charge in [0.25, 0.3) is 5.91 Å². The fraction of sp³-hybridized carbons (Fsp3) is 0.588. The number of para-hydroxylation sites is 1. The number of methoxy groups -OCH3 is 1. The first kappa shape index (κ1) is 14.8. The maximum absolute atomic E-state index is 13.2. The van der Waals surface area contributed by atoms with Crippen LogP contribution in [0.15, 0.2) is 18.2 Å². The summed E-state index contributed by atoms with van der Waals surface area (Å²) < 4.78 is 22.7. The molecule has 1 saturated carbocycles. The predicted molar refractivity (Wildman–Crippen MR) is 82.0 cm³/mol. The van der Waals surface area contributed by atoms with E-state index in [-0.39, 0.29) is 24.2 Å². The summed E-state index contributed by atoms with van der Waals surface area (Å²) in [7, 11) is 1.69. The normalized spacial score (nSPS) is 29.3. The fourth-order valence-corrected chi connectivity index (χ4v) is 3.85. The summed E-state index contributed by atoms with van der Waals surface area (Å²) >= 11 is 0. The van der Waals surface area contributed by atoms with Crippen LogP contribution < -0.4 is 9.47 Å². The molecule has 4 rings (SSSR count). The van der Waals surface area contributed by atoms with Crippen LogP contribution in [0.25, 0.3) is 0 Å². The highest BCUT2D eigenvalue weighted by Crippen LogP contribution is 2.37. The molecule has 0 N–H and O–H groups in total. The van der Waals surface area contributed by atoms with Gasteiger partial charge in [-0.25, -0.2) is 0 Å². The maximum Gasteiger partial charge on any atom is 0.258 e. The fourth-order valence-electron chi connectivity index (χ4n) is 3.85. The van der Waals surface area contributed by atoms with E-state index in [2.05, 4.69) is 0 Å². The van der Waals surface area contributed by atoms with Crippen molar-refractivity contribution in [2.45, 2.75) is 31.1 Å². The molecule has 0 radical (unpaired) electrons. The van der Waals surface area contributed by atoms with Crippen LogP contribution in [0.1, 0.15) is 23.2 Å². The van der Waals surface area contributed by atoms with Crippen LogP contribution in [0.4, 0.5) is 0 Å². The minimum atomic E-state index is -0.0573. The number of nitrogens with zero attached hydrogens (tertiary/aromatic N) is 1. The van der Waals surface area contributed by atoms with E-state index in [1.165, 1.54) is 0 Å². The van der Waals surface area contributed by atoms with Gasteiger partial charge >= 0.3 is 0 Å². The number of hydrogen-bond donors (Lipinski definition) is 0. The topological polar surface area (TPSA) is 57.2 Å². The van der Waals surface area contributed by atoms with Crippen molar-refractivity contribution in [2.24, 2.45) is 0 Å². The lowest BCUT2D eigenvalue weighted by atomic mass is 10.1. The Hall–Kier alpha value is -1.79. The molecule has 3 atom stereocenters. The van der Waals surface area contributed by atoms with E-state index in [1.807, 2.05) is 17.0 Å². The largest absolute Gasteiger partial charge is 0.486 e. The Bertz CT molecular complexity index is 605. The van der Waals surface area contributed by atoms with Crippen molar-refractivity contribution < 1.29 is 23.7 Å². The lowest BCUT2D eigenvalue weighted by molar-refractivity contribution is -0.0316. The second-order valence-corrected chi connectivity index (χ2v) is 6.08. The number of hydrogen-bond acceptors (Lipinski definition) is 5. The zero-order valence-corrected chi connectivity index (χ0v) is 13.2. The van der Waals surface area contributed by atoms with Gasteiger partial charge in [-0.05, 0) is 25.0 Å². The Morgan fingerprint density at radius 2 is 2.09 bits per heavy atom. The van der Waals surface area contributed by atoms with E-state index in [9.17, 15) is 4.79 Å². The van der Waals surface area contributed by atoms with E-state index in [1.54, 1.807) is 13.2 Å². The Morgan fingerprint density at radius 1 is 1.22 bits per heavy atom. The Kier molecular flexibility index (Phi) is 3.87. The second kappa shape index (κ2) is 6.02. The van der Waals surface area contributed by atoms with Crippen LogP contribution in [-0.2, 0) is 9.47 Å². The van der Waals surface area contributed by atoms with E-state index < -0.39 is 0 Å². The Morgan fingerprint density at radius 3 is 2.96 bits per heavy atom. The first-order chi connectivity index (χ1) is 11.3. The smallest absolute Gasteiger partial charge is 0.258 e. The number of carbonyl (C=O) groups excluding carboxylic acids is 1. The highest BCUT2D eigenvalue weighted by atomic mass is 16.6. The van der Waals surface area contributed by atoms with Gasteiger partial charge in [-0.1, -0.05) is 6.07 Å². The number of carbonyl (C=O) groups is 1. The minimum absolute atomic E-state index is 0.0365. The molecule has 23 heavy (non-hydrogen) atoms. The van der Waals surface area contributed by atoms with E-state index in [0.29, 0.717) is 43.4 Å². The average Bonchev–Trinajstić information content (AvgIpc) is 2.89. The van der Waals surface area contributed by atoms with Crippen molar-refractivity contribution in [1.29, 1.82) is 0 Å². The summed E-state index contributed by atoms with van der Waals surface area (Å²) in [6.07, 6.45) is 1.87. The molecule has 6 nitrogen and oxygen atoms in total. The van der Waals surface area contributed by atoms with Crippen LogP contribution >= 0.6 is 0 Å². The molecule has 3 unspecified atom stereocenters. The molecule has 2 aliphatic heterocycles. The third-order valence-corrected chi connectivity index (χ3v) is 4.89.